The van der Waals surface area contributed by atoms with E-state index < -0.39 is 10.0 Å². The van der Waals surface area contributed by atoms with Gasteiger partial charge >= 0.3 is 0 Å². The molecular formula is C21H28ClN3O3S2. The van der Waals surface area contributed by atoms with Crippen LogP contribution in [0, 0.1) is 6.92 Å². The fraction of sp³-hybridized carbons (Fsp3) is 0.524. The molecule has 0 spiro atoms. The normalized spacial score (nSPS) is 15.7. The second kappa shape index (κ2) is 10.7. The number of amides is 1. The average Bonchev–Trinajstić information content (AvgIpc) is 2.95. The van der Waals surface area contributed by atoms with Crippen LogP contribution in [0.3, 0.4) is 0 Å². The largest absolute Gasteiger partial charge is 0.352 e. The molecule has 1 N–H and O–H groups in total. The molecule has 0 radical (unpaired) electrons. The quantitative estimate of drug-likeness (QED) is 0.580. The van der Waals surface area contributed by atoms with Crippen molar-refractivity contribution < 1.29 is 13.2 Å². The fourth-order valence-corrected chi connectivity index (χ4v) is 6.32. The molecule has 6 nitrogen and oxygen atoms in total. The van der Waals surface area contributed by atoms with Gasteiger partial charge in [-0.15, -0.1) is 11.3 Å². The van der Waals surface area contributed by atoms with Crippen molar-refractivity contribution in [1.82, 2.24) is 14.6 Å². The smallest absolute Gasteiger partial charge is 0.251 e. The van der Waals surface area contributed by atoms with Crippen LogP contribution in [0.2, 0.25) is 5.02 Å². The molecule has 2 heterocycles. The lowest BCUT2D eigenvalue weighted by Gasteiger charge is -2.21. The highest BCUT2D eigenvalue weighted by Crippen LogP contribution is 2.27. The van der Waals surface area contributed by atoms with E-state index in [-0.39, 0.29) is 15.8 Å². The highest BCUT2D eigenvalue weighted by atomic mass is 35.5. The summed E-state index contributed by atoms with van der Waals surface area (Å²) in [6.07, 6.45) is 6.41. The maximum absolute atomic E-state index is 13.1. The number of hydrogen-bond donors (Lipinski definition) is 1. The summed E-state index contributed by atoms with van der Waals surface area (Å²) < 4.78 is 27.6. The third-order valence-electron chi connectivity index (χ3n) is 5.15. The van der Waals surface area contributed by atoms with Crippen LogP contribution >= 0.6 is 22.9 Å². The number of aromatic nitrogens is 1. The van der Waals surface area contributed by atoms with E-state index in [1.807, 2.05) is 12.3 Å². The van der Waals surface area contributed by atoms with Crippen molar-refractivity contribution in [2.45, 2.75) is 56.8 Å². The first kappa shape index (κ1) is 23.2. The van der Waals surface area contributed by atoms with Gasteiger partial charge in [0.2, 0.25) is 10.0 Å². The van der Waals surface area contributed by atoms with Crippen LogP contribution in [-0.2, 0) is 16.4 Å². The van der Waals surface area contributed by atoms with Gasteiger partial charge in [-0.2, -0.15) is 4.31 Å². The minimum atomic E-state index is -3.71. The molecule has 1 aliphatic rings. The Hall–Kier alpha value is -1.48. The number of hydrogen-bond acceptors (Lipinski definition) is 5. The topological polar surface area (TPSA) is 79.4 Å². The number of sulfonamides is 1. The number of carbonyl (C=O) groups is 1. The molecule has 164 valence electrons. The van der Waals surface area contributed by atoms with E-state index in [1.165, 1.54) is 16.4 Å². The van der Waals surface area contributed by atoms with E-state index in [2.05, 4.69) is 10.3 Å². The molecule has 0 aliphatic carbocycles. The van der Waals surface area contributed by atoms with Crippen LogP contribution in [0.15, 0.2) is 28.5 Å². The summed E-state index contributed by atoms with van der Waals surface area (Å²) in [6, 6.07) is 4.46. The molecule has 1 fully saturated rings. The van der Waals surface area contributed by atoms with E-state index in [9.17, 15) is 13.2 Å². The molecule has 2 aromatic rings. The Labute approximate surface area is 187 Å². The zero-order valence-electron chi connectivity index (χ0n) is 17.2. The highest BCUT2D eigenvalue weighted by Gasteiger charge is 2.28. The van der Waals surface area contributed by atoms with Gasteiger partial charge in [0.1, 0.15) is 4.90 Å². The van der Waals surface area contributed by atoms with E-state index in [0.717, 1.165) is 55.6 Å². The molecule has 1 aromatic carbocycles. The molecule has 1 amide bonds. The molecule has 3 rings (SSSR count). The number of unbranched alkanes of at least 4 members (excludes halogenated alkanes) is 1. The summed E-state index contributed by atoms with van der Waals surface area (Å²) in [4.78, 5) is 17.0. The van der Waals surface area contributed by atoms with Crippen molar-refractivity contribution in [3.63, 3.8) is 0 Å². The monoisotopic (exact) mass is 469 g/mol. The molecule has 9 heteroatoms. The molecule has 1 saturated heterocycles. The third-order valence-corrected chi connectivity index (χ3v) is 8.55. The summed E-state index contributed by atoms with van der Waals surface area (Å²) >= 11 is 7.87. The molecule has 30 heavy (non-hydrogen) atoms. The number of thiazole rings is 1. The Morgan fingerprint density at radius 1 is 1.20 bits per heavy atom. The highest BCUT2D eigenvalue weighted by molar-refractivity contribution is 7.89. The number of benzene rings is 1. The molecule has 0 unspecified atom stereocenters. The van der Waals surface area contributed by atoms with Crippen molar-refractivity contribution in [3.8, 4) is 0 Å². The minimum Gasteiger partial charge on any atom is -0.352 e. The number of aryl methyl sites for hydroxylation is 2. The van der Waals surface area contributed by atoms with Crippen LogP contribution < -0.4 is 5.32 Å². The van der Waals surface area contributed by atoms with Gasteiger partial charge in [0.25, 0.3) is 5.91 Å². The second-order valence-corrected chi connectivity index (χ2v) is 10.8. The van der Waals surface area contributed by atoms with Crippen LogP contribution in [0.5, 0.6) is 0 Å². The molecule has 0 saturated carbocycles. The van der Waals surface area contributed by atoms with Gasteiger partial charge < -0.3 is 5.32 Å². The molecule has 1 aromatic heterocycles. The summed E-state index contributed by atoms with van der Waals surface area (Å²) in [5, 5.41) is 6.17. The Kier molecular flexibility index (Phi) is 8.27. The van der Waals surface area contributed by atoms with Gasteiger partial charge in [-0.25, -0.2) is 13.4 Å². The zero-order valence-corrected chi connectivity index (χ0v) is 19.6. The van der Waals surface area contributed by atoms with Crippen molar-refractivity contribution in [2.24, 2.45) is 0 Å². The number of rotatable bonds is 8. The van der Waals surface area contributed by atoms with Crippen LogP contribution in [0.4, 0.5) is 0 Å². The lowest BCUT2D eigenvalue weighted by molar-refractivity contribution is 0.0953. The third kappa shape index (κ3) is 6.03. The van der Waals surface area contributed by atoms with Crippen LogP contribution in [0.1, 0.15) is 59.6 Å². The SMILES string of the molecule is Cc1csc(CCCCNC(=O)c2ccc(Cl)c(S(=O)(=O)N3CCCCCC3)c2)n1. The standard InChI is InChI=1S/C21H28ClN3O3S2/c1-16-15-29-20(24-16)8-4-5-11-23-21(26)17-9-10-18(22)19(14-17)30(27,28)25-12-6-2-3-7-13-25/h9-10,14-15H,2-8,11-13H2,1H3,(H,23,26). The lowest BCUT2D eigenvalue weighted by atomic mass is 10.2. The van der Waals surface area contributed by atoms with Gasteiger partial charge in [-0.1, -0.05) is 24.4 Å². The van der Waals surface area contributed by atoms with Gasteiger partial charge in [0.05, 0.1) is 10.0 Å². The Balaban J connectivity index is 1.58. The number of halogens is 1. The number of nitrogens with zero attached hydrogens (tertiary/aromatic N) is 2. The maximum Gasteiger partial charge on any atom is 0.251 e. The summed E-state index contributed by atoms with van der Waals surface area (Å²) in [6.45, 7) is 3.50. The first-order valence-corrected chi connectivity index (χ1v) is 13.1. The van der Waals surface area contributed by atoms with E-state index in [0.29, 0.717) is 25.2 Å². The first-order chi connectivity index (χ1) is 14.4. The predicted molar refractivity (Wildman–Crippen MR) is 121 cm³/mol. The van der Waals surface area contributed by atoms with Crippen molar-refractivity contribution >= 4 is 38.9 Å². The average molecular weight is 470 g/mol. The Bertz CT molecular complexity index is 968. The van der Waals surface area contributed by atoms with Crippen LogP contribution in [0.25, 0.3) is 0 Å². The van der Waals surface area contributed by atoms with Crippen molar-refractivity contribution in [1.29, 1.82) is 0 Å². The van der Waals surface area contributed by atoms with Gasteiger partial charge in [0.15, 0.2) is 0 Å². The maximum atomic E-state index is 13.1. The van der Waals surface area contributed by atoms with E-state index in [4.69, 9.17) is 11.6 Å². The van der Waals surface area contributed by atoms with Crippen LogP contribution in [-0.4, -0.2) is 43.2 Å². The van der Waals surface area contributed by atoms with Gasteiger partial charge in [-0.05, 0) is 57.2 Å². The van der Waals surface area contributed by atoms with E-state index in [1.54, 1.807) is 17.4 Å². The lowest BCUT2D eigenvalue weighted by Crippen LogP contribution is -2.32. The Morgan fingerprint density at radius 3 is 2.60 bits per heavy atom. The fourth-order valence-electron chi connectivity index (χ4n) is 3.49. The van der Waals surface area contributed by atoms with Crippen molar-refractivity contribution in [3.05, 3.63) is 44.9 Å². The molecular weight excluding hydrogens is 442 g/mol. The van der Waals surface area contributed by atoms with Gasteiger partial charge in [-0.3, -0.25) is 4.79 Å². The zero-order chi connectivity index (χ0) is 21.6. The molecule has 0 atom stereocenters. The second-order valence-electron chi connectivity index (χ2n) is 7.56. The number of carbonyl (C=O) groups excluding carboxylic acids is 1. The summed E-state index contributed by atoms with van der Waals surface area (Å²) in [7, 11) is -3.71. The van der Waals surface area contributed by atoms with Gasteiger partial charge in [0, 0.05) is 36.3 Å². The van der Waals surface area contributed by atoms with E-state index >= 15 is 0 Å². The number of nitrogens with one attached hydrogen (secondary N) is 1. The minimum absolute atomic E-state index is 0.0119. The molecule has 1 aliphatic heterocycles. The van der Waals surface area contributed by atoms with Crippen molar-refractivity contribution in [2.75, 3.05) is 19.6 Å². The summed E-state index contributed by atoms with van der Waals surface area (Å²) in [5.41, 5.74) is 1.35. The first-order valence-electron chi connectivity index (χ1n) is 10.4. The predicted octanol–water partition coefficient (Wildman–Crippen LogP) is 4.42. The Morgan fingerprint density at radius 2 is 1.93 bits per heavy atom. The summed E-state index contributed by atoms with van der Waals surface area (Å²) in [5.74, 6) is -0.288. The molecule has 0 bridgehead atoms.